The molecule has 7 heteroatoms. The molecule has 0 aliphatic rings. The number of carbonyl (C=O) groups excluding carboxylic acids is 1. The highest BCUT2D eigenvalue weighted by Crippen LogP contribution is 2.25. The molecular formula is C23H15ClFIN2O2. The quantitative estimate of drug-likeness (QED) is 0.274. The van der Waals surface area contributed by atoms with Crippen LogP contribution in [0.4, 0.5) is 4.39 Å². The SMILES string of the molecule is O=C(OI)c1ccc(C=Cc2nn(Cc3ccc(F)cc3)c3cc(Cl)ccc23)cc1. The maximum absolute atomic E-state index is 13.2. The van der Waals surface area contributed by atoms with Gasteiger partial charge in [-0.1, -0.05) is 41.9 Å². The average Bonchev–Trinajstić information content (AvgIpc) is 3.10. The minimum Gasteiger partial charge on any atom is -0.391 e. The van der Waals surface area contributed by atoms with E-state index in [9.17, 15) is 9.18 Å². The smallest absolute Gasteiger partial charge is 0.347 e. The Morgan fingerprint density at radius 2 is 1.80 bits per heavy atom. The molecule has 0 bridgehead atoms. The molecule has 0 unspecified atom stereocenters. The number of benzene rings is 3. The van der Waals surface area contributed by atoms with Crippen molar-refractivity contribution in [2.45, 2.75) is 6.54 Å². The number of nitrogens with zero attached hydrogens (tertiary/aromatic N) is 2. The Hall–Kier alpha value is -2.71. The van der Waals surface area contributed by atoms with Gasteiger partial charge in [0.25, 0.3) is 0 Å². The fourth-order valence-corrected chi connectivity index (χ4v) is 3.55. The van der Waals surface area contributed by atoms with Gasteiger partial charge in [-0.05, 0) is 59.7 Å². The molecule has 0 spiro atoms. The lowest BCUT2D eigenvalue weighted by Crippen LogP contribution is -2.01. The number of hydrogen-bond acceptors (Lipinski definition) is 3. The van der Waals surface area contributed by atoms with Crippen LogP contribution in [0.1, 0.15) is 27.2 Å². The lowest BCUT2D eigenvalue weighted by atomic mass is 10.1. The largest absolute Gasteiger partial charge is 0.391 e. The summed E-state index contributed by atoms with van der Waals surface area (Å²) < 4.78 is 19.8. The van der Waals surface area contributed by atoms with Gasteiger partial charge >= 0.3 is 5.97 Å². The number of aromatic nitrogens is 2. The molecule has 4 rings (SSSR count). The second-order valence-corrected chi connectivity index (χ2v) is 7.53. The van der Waals surface area contributed by atoms with Crippen molar-refractivity contribution < 1.29 is 12.3 Å². The third-order valence-electron chi connectivity index (χ3n) is 4.64. The molecule has 30 heavy (non-hydrogen) atoms. The van der Waals surface area contributed by atoms with Gasteiger partial charge in [-0.25, -0.2) is 9.18 Å². The summed E-state index contributed by atoms with van der Waals surface area (Å²) >= 11 is 7.77. The zero-order valence-electron chi connectivity index (χ0n) is 15.6. The molecule has 0 amide bonds. The molecule has 1 heterocycles. The van der Waals surface area contributed by atoms with Gasteiger partial charge in [0.2, 0.25) is 0 Å². The first-order valence-corrected chi connectivity index (χ1v) is 10.3. The van der Waals surface area contributed by atoms with Crippen molar-refractivity contribution in [3.05, 3.63) is 100.0 Å². The molecule has 4 nitrogen and oxygen atoms in total. The Bertz CT molecular complexity index is 1230. The second kappa shape index (κ2) is 8.97. The van der Waals surface area contributed by atoms with Gasteiger partial charge in [0.05, 0.1) is 23.3 Å². The fourth-order valence-electron chi connectivity index (χ4n) is 3.13. The van der Waals surface area contributed by atoms with E-state index in [1.165, 1.54) is 12.1 Å². The van der Waals surface area contributed by atoms with Crippen molar-refractivity contribution in [3.8, 4) is 0 Å². The summed E-state index contributed by atoms with van der Waals surface area (Å²) in [5, 5.41) is 6.31. The van der Waals surface area contributed by atoms with E-state index in [1.807, 2.05) is 47.2 Å². The minimum atomic E-state index is -0.381. The van der Waals surface area contributed by atoms with E-state index in [0.717, 1.165) is 27.7 Å². The topological polar surface area (TPSA) is 44.1 Å². The number of carbonyl (C=O) groups is 1. The molecule has 0 aliphatic heterocycles. The van der Waals surface area contributed by atoms with Gasteiger partial charge in [-0.15, -0.1) is 0 Å². The Morgan fingerprint density at radius 3 is 2.50 bits per heavy atom. The predicted molar refractivity (Wildman–Crippen MR) is 125 cm³/mol. The zero-order valence-corrected chi connectivity index (χ0v) is 18.5. The molecule has 0 N–H and O–H groups in total. The molecule has 4 aromatic rings. The summed E-state index contributed by atoms with van der Waals surface area (Å²) in [4.78, 5) is 11.6. The van der Waals surface area contributed by atoms with Crippen molar-refractivity contribution >= 4 is 63.6 Å². The molecule has 0 fully saturated rings. The monoisotopic (exact) mass is 532 g/mol. The summed E-state index contributed by atoms with van der Waals surface area (Å²) in [5.74, 6) is -0.651. The minimum absolute atomic E-state index is 0.270. The molecule has 0 atom stereocenters. The van der Waals surface area contributed by atoms with Crippen LogP contribution in [0.5, 0.6) is 0 Å². The van der Waals surface area contributed by atoms with Crippen LogP contribution in [0.15, 0.2) is 66.7 Å². The normalized spacial score (nSPS) is 11.3. The molecule has 0 radical (unpaired) electrons. The van der Waals surface area contributed by atoms with Crippen molar-refractivity contribution in [2.75, 3.05) is 0 Å². The van der Waals surface area contributed by atoms with Gasteiger partial charge in [-0.2, -0.15) is 5.10 Å². The fraction of sp³-hybridized carbons (Fsp3) is 0.0435. The third kappa shape index (κ3) is 4.55. The highest BCUT2D eigenvalue weighted by atomic mass is 127. The predicted octanol–water partition coefficient (Wildman–Crippen LogP) is 6.55. The Morgan fingerprint density at radius 1 is 1.07 bits per heavy atom. The average molecular weight is 533 g/mol. The third-order valence-corrected chi connectivity index (χ3v) is 5.27. The van der Waals surface area contributed by atoms with Gasteiger partial charge in [0.15, 0.2) is 23.0 Å². The summed E-state index contributed by atoms with van der Waals surface area (Å²) in [6, 6.07) is 19.1. The van der Waals surface area contributed by atoms with Crippen LogP contribution in [-0.2, 0) is 9.61 Å². The van der Waals surface area contributed by atoms with Gasteiger partial charge in [-0.3, -0.25) is 4.68 Å². The Balaban J connectivity index is 1.66. The first kappa shape index (κ1) is 20.6. The molecule has 0 saturated carbocycles. The highest BCUT2D eigenvalue weighted by molar-refractivity contribution is 14.1. The maximum Gasteiger partial charge on any atom is 0.347 e. The first-order valence-electron chi connectivity index (χ1n) is 9.05. The van der Waals surface area contributed by atoms with Crippen LogP contribution < -0.4 is 0 Å². The van der Waals surface area contributed by atoms with E-state index in [0.29, 0.717) is 17.1 Å². The Kier molecular flexibility index (Phi) is 6.15. The lowest BCUT2D eigenvalue weighted by Gasteiger charge is -2.04. The maximum atomic E-state index is 13.2. The highest BCUT2D eigenvalue weighted by Gasteiger charge is 2.10. The molecule has 3 aromatic carbocycles. The van der Waals surface area contributed by atoms with Gasteiger partial charge < -0.3 is 3.07 Å². The van der Waals surface area contributed by atoms with Crippen LogP contribution in [0.2, 0.25) is 5.02 Å². The van der Waals surface area contributed by atoms with Crippen molar-refractivity contribution in [1.82, 2.24) is 9.78 Å². The summed E-state index contributed by atoms with van der Waals surface area (Å²) in [6.45, 7) is 0.498. The van der Waals surface area contributed by atoms with E-state index < -0.39 is 0 Å². The number of fused-ring (bicyclic) bond motifs is 1. The van der Waals surface area contributed by atoms with Crippen LogP contribution in [0.3, 0.4) is 0 Å². The first-order chi connectivity index (χ1) is 14.5. The second-order valence-electron chi connectivity index (χ2n) is 6.65. The lowest BCUT2D eigenvalue weighted by molar-refractivity contribution is 0.0800. The van der Waals surface area contributed by atoms with Gasteiger partial charge in [0, 0.05) is 10.4 Å². The summed E-state index contributed by atoms with van der Waals surface area (Å²) in [7, 11) is 0. The molecule has 0 saturated heterocycles. The van der Waals surface area contributed by atoms with Crippen LogP contribution in [0, 0.1) is 5.82 Å². The zero-order chi connectivity index (χ0) is 21.1. The Labute approximate surface area is 191 Å². The van der Waals surface area contributed by atoms with E-state index in [2.05, 4.69) is 0 Å². The van der Waals surface area contributed by atoms with E-state index in [1.54, 1.807) is 47.3 Å². The van der Waals surface area contributed by atoms with Crippen LogP contribution >= 0.6 is 34.6 Å². The van der Waals surface area contributed by atoms with Crippen LogP contribution in [0.25, 0.3) is 23.1 Å². The van der Waals surface area contributed by atoms with E-state index in [4.69, 9.17) is 19.8 Å². The summed E-state index contributed by atoms with van der Waals surface area (Å²) in [5.41, 5.74) is 4.04. The molecular weight excluding hydrogens is 518 g/mol. The van der Waals surface area contributed by atoms with Gasteiger partial charge in [0.1, 0.15) is 5.82 Å². The van der Waals surface area contributed by atoms with E-state index in [-0.39, 0.29) is 11.8 Å². The van der Waals surface area contributed by atoms with E-state index >= 15 is 0 Å². The van der Waals surface area contributed by atoms with Crippen molar-refractivity contribution in [1.29, 1.82) is 0 Å². The van der Waals surface area contributed by atoms with Crippen molar-refractivity contribution in [2.24, 2.45) is 0 Å². The van der Waals surface area contributed by atoms with Crippen LogP contribution in [-0.4, -0.2) is 15.7 Å². The summed E-state index contributed by atoms with van der Waals surface area (Å²) in [6.07, 6.45) is 3.85. The number of hydrogen-bond donors (Lipinski definition) is 0. The molecule has 0 aliphatic carbocycles. The van der Waals surface area contributed by atoms with Crippen molar-refractivity contribution in [3.63, 3.8) is 0 Å². The molecule has 150 valence electrons. The standard InChI is InChI=1S/C23H15ClFIN2O2/c24-18-8-11-20-21(12-5-15-1-6-17(7-2-15)23(29)30-26)27-28(22(20)13-18)14-16-3-9-19(25)10-4-16/h1-13H,14H2. The number of halogens is 3. The number of rotatable bonds is 5. The molecule has 1 aromatic heterocycles.